The van der Waals surface area contributed by atoms with Gasteiger partial charge in [0.25, 0.3) is 0 Å². The van der Waals surface area contributed by atoms with Gasteiger partial charge in [-0.25, -0.2) is 9.48 Å². The molecule has 0 saturated carbocycles. The van der Waals surface area contributed by atoms with Crippen LogP contribution in [-0.2, 0) is 13.6 Å². The third kappa shape index (κ3) is 5.86. The van der Waals surface area contributed by atoms with E-state index in [0.29, 0.717) is 24.7 Å². The van der Waals surface area contributed by atoms with Gasteiger partial charge in [-0.05, 0) is 44.0 Å². The molecule has 176 valence electrons. The number of methoxy groups -OCH3 is 1. The highest BCUT2D eigenvalue weighted by Crippen LogP contribution is 2.35. The van der Waals surface area contributed by atoms with E-state index in [2.05, 4.69) is 19.2 Å². The predicted octanol–water partition coefficient (Wildman–Crippen LogP) is 5.61. The minimum atomic E-state index is -0.0792. The number of rotatable bonds is 10. The normalized spacial score (nSPS) is 11.7. The van der Waals surface area contributed by atoms with Crippen molar-refractivity contribution in [1.29, 1.82) is 0 Å². The maximum Gasteiger partial charge on any atom is 0.317 e. The molecule has 2 amide bonds. The number of benzene rings is 2. The van der Waals surface area contributed by atoms with Gasteiger partial charge in [-0.2, -0.15) is 5.10 Å². The van der Waals surface area contributed by atoms with Gasteiger partial charge in [0.2, 0.25) is 5.88 Å². The van der Waals surface area contributed by atoms with Gasteiger partial charge in [-0.15, -0.1) is 0 Å². The number of nitrogens with one attached hydrogen (secondary N) is 1. The van der Waals surface area contributed by atoms with E-state index in [4.69, 9.17) is 14.6 Å². The minimum absolute atomic E-state index is 0.0551. The predicted molar refractivity (Wildman–Crippen MR) is 131 cm³/mol. The van der Waals surface area contributed by atoms with E-state index in [0.717, 1.165) is 35.4 Å². The van der Waals surface area contributed by atoms with Gasteiger partial charge in [0.1, 0.15) is 17.2 Å². The number of carbonyl (C=O) groups excluding carboxylic acids is 1. The number of aromatic nitrogens is 2. The highest BCUT2D eigenvalue weighted by atomic mass is 16.5. The first-order valence-corrected chi connectivity index (χ1v) is 11.5. The van der Waals surface area contributed by atoms with Crippen LogP contribution in [0.4, 0.5) is 4.79 Å². The summed E-state index contributed by atoms with van der Waals surface area (Å²) in [6.45, 7) is 7.21. The molecule has 3 aromatic rings. The summed E-state index contributed by atoms with van der Waals surface area (Å²) in [6.07, 6.45) is 1.73. The Morgan fingerprint density at radius 1 is 1.09 bits per heavy atom. The maximum absolute atomic E-state index is 13.0. The lowest BCUT2D eigenvalue weighted by Gasteiger charge is -2.29. The van der Waals surface area contributed by atoms with Gasteiger partial charge < -0.3 is 19.7 Å². The molecule has 33 heavy (non-hydrogen) atoms. The van der Waals surface area contributed by atoms with E-state index < -0.39 is 0 Å². The molecule has 0 radical (unpaired) electrons. The molecule has 0 spiro atoms. The second-order valence-corrected chi connectivity index (χ2v) is 8.02. The molecular formula is C26H34N4O3. The standard InChI is InChI=1S/C26H34N4O3/c1-6-17-27-26(31)30(19(3)7-2)18-23-24(20-11-9-8-10-12-20)28-29(4)25(23)33-22-15-13-21(32-5)14-16-22/h8-16,19H,6-7,17-18H2,1-5H3,(H,27,31). The lowest BCUT2D eigenvalue weighted by molar-refractivity contribution is 0.173. The van der Waals surface area contributed by atoms with Crippen LogP contribution in [0, 0.1) is 0 Å². The maximum atomic E-state index is 13.0. The van der Waals surface area contributed by atoms with Crippen LogP contribution in [0.3, 0.4) is 0 Å². The Morgan fingerprint density at radius 3 is 2.36 bits per heavy atom. The molecule has 0 aliphatic carbocycles. The lowest BCUT2D eigenvalue weighted by atomic mass is 10.1. The monoisotopic (exact) mass is 450 g/mol. The van der Waals surface area contributed by atoms with Crippen LogP contribution in [0.15, 0.2) is 54.6 Å². The highest BCUT2D eigenvalue weighted by Gasteiger charge is 2.26. The van der Waals surface area contributed by atoms with E-state index in [1.807, 2.05) is 73.5 Å². The quantitative estimate of drug-likeness (QED) is 0.436. The van der Waals surface area contributed by atoms with Crippen LogP contribution in [0.5, 0.6) is 17.4 Å². The zero-order valence-corrected chi connectivity index (χ0v) is 20.2. The number of nitrogens with zero attached hydrogens (tertiary/aromatic N) is 3. The van der Waals surface area contributed by atoms with Crippen molar-refractivity contribution in [3.05, 3.63) is 60.2 Å². The van der Waals surface area contributed by atoms with Crippen LogP contribution in [0.2, 0.25) is 0 Å². The largest absolute Gasteiger partial charge is 0.497 e. The van der Waals surface area contributed by atoms with Crippen molar-refractivity contribution in [2.24, 2.45) is 7.05 Å². The molecule has 1 unspecified atom stereocenters. The van der Waals surface area contributed by atoms with Crippen molar-refractivity contribution < 1.29 is 14.3 Å². The number of amides is 2. The van der Waals surface area contributed by atoms with Gasteiger partial charge in [0.15, 0.2) is 0 Å². The van der Waals surface area contributed by atoms with E-state index >= 15 is 0 Å². The van der Waals surface area contributed by atoms with E-state index in [-0.39, 0.29) is 12.1 Å². The van der Waals surface area contributed by atoms with Gasteiger partial charge in [0, 0.05) is 25.2 Å². The Morgan fingerprint density at radius 2 is 1.76 bits per heavy atom. The molecular weight excluding hydrogens is 416 g/mol. The molecule has 0 aliphatic rings. The Labute approximate surface area is 196 Å². The van der Waals surface area contributed by atoms with Crippen LogP contribution < -0.4 is 14.8 Å². The molecule has 0 saturated heterocycles. The Hall–Kier alpha value is -3.48. The molecule has 7 nitrogen and oxygen atoms in total. The second-order valence-electron chi connectivity index (χ2n) is 8.02. The van der Waals surface area contributed by atoms with Gasteiger partial charge in [-0.1, -0.05) is 44.2 Å². The zero-order chi connectivity index (χ0) is 23.8. The van der Waals surface area contributed by atoms with Crippen LogP contribution in [0.25, 0.3) is 11.3 Å². The number of hydrogen-bond acceptors (Lipinski definition) is 4. The summed E-state index contributed by atoms with van der Waals surface area (Å²) < 4.78 is 13.3. The number of ether oxygens (including phenoxy) is 2. The summed E-state index contributed by atoms with van der Waals surface area (Å²) >= 11 is 0. The number of hydrogen-bond donors (Lipinski definition) is 1. The average Bonchev–Trinajstić information content (AvgIpc) is 3.16. The first-order chi connectivity index (χ1) is 16.0. The van der Waals surface area contributed by atoms with E-state index in [1.54, 1.807) is 11.8 Å². The average molecular weight is 451 g/mol. The van der Waals surface area contributed by atoms with Gasteiger partial charge in [-0.3, -0.25) is 0 Å². The molecule has 1 aromatic heterocycles. The smallest absolute Gasteiger partial charge is 0.317 e. The Bertz CT molecular complexity index is 1030. The Balaban J connectivity index is 2.04. The molecule has 3 rings (SSSR count). The Kier molecular flexibility index (Phi) is 8.35. The molecule has 1 heterocycles. The van der Waals surface area contributed by atoms with Crippen LogP contribution in [-0.4, -0.2) is 40.4 Å². The highest BCUT2D eigenvalue weighted by molar-refractivity contribution is 5.75. The summed E-state index contributed by atoms with van der Waals surface area (Å²) in [6, 6.07) is 17.4. The first kappa shape index (κ1) is 24.2. The topological polar surface area (TPSA) is 68.6 Å². The molecule has 2 aromatic carbocycles. The van der Waals surface area contributed by atoms with Crippen molar-refractivity contribution in [3.8, 4) is 28.6 Å². The zero-order valence-electron chi connectivity index (χ0n) is 20.2. The number of aryl methyl sites for hydroxylation is 1. The van der Waals surface area contributed by atoms with Gasteiger partial charge in [0.05, 0.1) is 19.2 Å². The lowest BCUT2D eigenvalue weighted by Crippen LogP contribution is -2.44. The molecule has 0 aliphatic heterocycles. The fourth-order valence-corrected chi connectivity index (χ4v) is 3.56. The summed E-state index contributed by atoms with van der Waals surface area (Å²) in [5.41, 5.74) is 2.65. The third-order valence-corrected chi connectivity index (χ3v) is 5.65. The molecule has 0 fully saturated rings. The molecule has 0 bridgehead atoms. The molecule has 1 N–H and O–H groups in total. The van der Waals surface area contributed by atoms with Crippen molar-refractivity contribution >= 4 is 6.03 Å². The fraction of sp³-hybridized carbons (Fsp3) is 0.385. The summed E-state index contributed by atoms with van der Waals surface area (Å²) in [5.74, 6) is 2.04. The minimum Gasteiger partial charge on any atom is -0.497 e. The number of carbonyl (C=O) groups is 1. The first-order valence-electron chi connectivity index (χ1n) is 11.5. The second kappa shape index (κ2) is 11.4. The fourth-order valence-electron chi connectivity index (χ4n) is 3.56. The van der Waals surface area contributed by atoms with E-state index in [9.17, 15) is 4.79 Å². The summed E-state index contributed by atoms with van der Waals surface area (Å²) in [5, 5.41) is 7.80. The third-order valence-electron chi connectivity index (χ3n) is 5.65. The van der Waals surface area contributed by atoms with Crippen molar-refractivity contribution in [2.75, 3.05) is 13.7 Å². The van der Waals surface area contributed by atoms with Crippen LogP contribution in [0.1, 0.15) is 39.2 Å². The van der Waals surface area contributed by atoms with Gasteiger partial charge >= 0.3 is 6.03 Å². The van der Waals surface area contributed by atoms with Crippen molar-refractivity contribution in [3.63, 3.8) is 0 Å². The summed E-state index contributed by atoms with van der Waals surface area (Å²) in [4.78, 5) is 14.9. The van der Waals surface area contributed by atoms with Crippen LogP contribution >= 0.6 is 0 Å². The molecule has 7 heteroatoms. The SMILES string of the molecule is CCCNC(=O)N(Cc1c(-c2ccccc2)nn(C)c1Oc1ccc(OC)cc1)C(C)CC. The summed E-state index contributed by atoms with van der Waals surface area (Å²) in [7, 11) is 3.49. The number of urea groups is 1. The van der Waals surface area contributed by atoms with Crippen molar-refractivity contribution in [2.45, 2.75) is 46.2 Å². The van der Waals surface area contributed by atoms with E-state index in [1.165, 1.54) is 0 Å². The van der Waals surface area contributed by atoms with Crippen molar-refractivity contribution in [1.82, 2.24) is 20.0 Å². The molecule has 1 atom stereocenters.